The Morgan fingerprint density at radius 2 is 2.00 bits per heavy atom. The SMILES string of the molecule is Cc1cc(NC(=O)c2ccc(N)c(Cl)c2)ccc1O. The molecule has 19 heavy (non-hydrogen) atoms. The van der Waals surface area contributed by atoms with Crippen molar-refractivity contribution in [2.45, 2.75) is 6.92 Å². The van der Waals surface area contributed by atoms with Crippen molar-refractivity contribution in [3.63, 3.8) is 0 Å². The molecule has 2 aromatic rings. The minimum absolute atomic E-state index is 0.188. The molecule has 0 saturated carbocycles. The smallest absolute Gasteiger partial charge is 0.255 e. The Hall–Kier alpha value is -2.20. The summed E-state index contributed by atoms with van der Waals surface area (Å²) in [5.74, 6) is -0.0967. The molecule has 0 saturated heterocycles. The Bertz CT molecular complexity index is 641. The second-order valence-electron chi connectivity index (χ2n) is 4.19. The van der Waals surface area contributed by atoms with Crippen LogP contribution in [0.15, 0.2) is 36.4 Å². The van der Waals surface area contributed by atoms with Gasteiger partial charge in [-0.2, -0.15) is 0 Å². The molecular formula is C14H13ClN2O2. The standard InChI is InChI=1S/C14H13ClN2O2/c1-8-6-10(3-5-13(8)18)17-14(19)9-2-4-12(16)11(15)7-9/h2-7,18H,16H2,1H3,(H,17,19). The van der Waals surface area contributed by atoms with Gasteiger partial charge in [-0.1, -0.05) is 11.6 Å². The molecule has 0 radical (unpaired) electrons. The highest BCUT2D eigenvalue weighted by atomic mass is 35.5. The van der Waals surface area contributed by atoms with E-state index in [0.717, 1.165) is 0 Å². The fraction of sp³-hybridized carbons (Fsp3) is 0.0714. The number of phenols is 1. The number of amides is 1. The van der Waals surface area contributed by atoms with Gasteiger partial charge < -0.3 is 16.2 Å². The molecular weight excluding hydrogens is 264 g/mol. The first-order valence-electron chi connectivity index (χ1n) is 5.63. The molecule has 0 unspecified atom stereocenters. The maximum absolute atomic E-state index is 12.0. The number of nitrogen functional groups attached to an aromatic ring is 1. The summed E-state index contributed by atoms with van der Waals surface area (Å²) in [7, 11) is 0. The van der Waals surface area contributed by atoms with Crippen molar-refractivity contribution in [3.05, 3.63) is 52.5 Å². The summed E-state index contributed by atoms with van der Waals surface area (Å²) < 4.78 is 0. The molecule has 0 aromatic heterocycles. The number of carbonyl (C=O) groups excluding carboxylic acids is 1. The number of halogens is 1. The Morgan fingerprint density at radius 1 is 1.26 bits per heavy atom. The minimum atomic E-state index is -0.285. The van der Waals surface area contributed by atoms with Crippen LogP contribution in [0.3, 0.4) is 0 Å². The van der Waals surface area contributed by atoms with Crippen LogP contribution in [-0.4, -0.2) is 11.0 Å². The van der Waals surface area contributed by atoms with Gasteiger partial charge in [-0.15, -0.1) is 0 Å². The number of nitrogens with one attached hydrogen (secondary N) is 1. The fourth-order valence-corrected chi connectivity index (χ4v) is 1.79. The van der Waals surface area contributed by atoms with Gasteiger partial charge in [0.25, 0.3) is 5.91 Å². The van der Waals surface area contributed by atoms with Gasteiger partial charge in [0.05, 0.1) is 10.7 Å². The van der Waals surface area contributed by atoms with Crippen LogP contribution in [-0.2, 0) is 0 Å². The van der Waals surface area contributed by atoms with Crippen LogP contribution in [0.2, 0.25) is 5.02 Å². The van der Waals surface area contributed by atoms with Gasteiger partial charge in [0.15, 0.2) is 0 Å². The highest BCUT2D eigenvalue weighted by Crippen LogP contribution is 2.22. The molecule has 98 valence electrons. The number of phenolic OH excluding ortho intramolecular Hbond substituents is 1. The monoisotopic (exact) mass is 276 g/mol. The maximum Gasteiger partial charge on any atom is 0.255 e. The second-order valence-corrected chi connectivity index (χ2v) is 4.60. The molecule has 4 N–H and O–H groups in total. The van der Waals surface area contributed by atoms with Crippen LogP contribution in [0.1, 0.15) is 15.9 Å². The van der Waals surface area contributed by atoms with Gasteiger partial charge in [-0.05, 0) is 48.9 Å². The third kappa shape index (κ3) is 2.98. The Labute approximate surface area is 115 Å². The van der Waals surface area contributed by atoms with E-state index in [0.29, 0.717) is 27.5 Å². The number of rotatable bonds is 2. The molecule has 1 amide bonds. The Morgan fingerprint density at radius 3 is 2.63 bits per heavy atom. The zero-order valence-electron chi connectivity index (χ0n) is 10.3. The van der Waals surface area contributed by atoms with E-state index in [2.05, 4.69) is 5.32 Å². The van der Waals surface area contributed by atoms with Crippen molar-refractivity contribution in [2.75, 3.05) is 11.1 Å². The van der Waals surface area contributed by atoms with E-state index in [9.17, 15) is 9.90 Å². The molecule has 0 spiro atoms. The summed E-state index contributed by atoms with van der Waals surface area (Å²) in [4.78, 5) is 12.0. The molecule has 0 atom stereocenters. The van der Waals surface area contributed by atoms with Crippen molar-refractivity contribution < 1.29 is 9.90 Å². The summed E-state index contributed by atoms with van der Waals surface area (Å²) in [5, 5.41) is 12.5. The predicted octanol–water partition coefficient (Wildman–Crippen LogP) is 3.19. The third-order valence-electron chi connectivity index (χ3n) is 2.72. The number of hydrogen-bond acceptors (Lipinski definition) is 3. The molecule has 5 heteroatoms. The molecule has 0 aliphatic heterocycles. The van der Waals surface area contributed by atoms with Crippen LogP contribution in [0.4, 0.5) is 11.4 Å². The topological polar surface area (TPSA) is 75.4 Å². The molecule has 0 fully saturated rings. The lowest BCUT2D eigenvalue weighted by molar-refractivity contribution is 0.102. The highest BCUT2D eigenvalue weighted by Gasteiger charge is 2.08. The van der Waals surface area contributed by atoms with Crippen LogP contribution >= 0.6 is 11.6 Å². The average Bonchev–Trinajstić information content (AvgIpc) is 2.37. The van der Waals surface area contributed by atoms with Crippen molar-refractivity contribution in [3.8, 4) is 5.75 Å². The number of aromatic hydroxyl groups is 1. The lowest BCUT2D eigenvalue weighted by atomic mass is 10.1. The Kier molecular flexibility index (Phi) is 3.62. The summed E-state index contributed by atoms with van der Waals surface area (Å²) in [6, 6.07) is 9.54. The third-order valence-corrected chi connectivity index (χ3v) is 3.04. The van der Waals surface area contributed by atoms with E-state index in [1.807, 2.05) is 0 Å². The summed E-state index contributed by atoms with van der Waals surface area (Å²) in [6.07, 6.45) is 0. The number of anilines is 2. The fourth-order valence-electron chi connectivity index (χ4n) is 1.60. The van der Waals surface area contributed by atoms with Gasteiger partial charge in [0.1, 0.15) is 5.75 Å². The van der Waals surface area contributed by atoms with Gasteiger partial charge in [-0.25, -0.2) is 0 Å². The van der Waals surface area contributed by atoms with E-state index in [1.165, 1.54) is 12.1 Å². The molecule has 0 aliphatic rings. The van der Waals surface area contributed by atoms with E-state index in [-0.39, 0.29) is 11.7 Å². The zero-order chi connectivity index (χ0) is 14.0. The first kappa shape index (κ1) is 13.2. The number of hydrogen-bond donors (Lipinski definition) is 3. The summed E-state index contributed by atoms with van der Waals surface area (Å²) in [6.45, 7) is 1.76. The van der Waals surface area contributed by atoms with Crippen LogP contribution in [0, 0.1) is 6.92 Å². The molecule has 2 aromatic carbocycles. The largest absolute Gasteiger partial charge is 0.508 e. The number of benzene rings is 2. The van der Waals surface area contributed by atoms with Crippen LogP contribution in [0.5, 0.6) is 5.75 Å². The minimum Gasteiger partial charge on any atom is -0.508 e. The van der Waals surface area contributed by atoms with Gasteiger partial charge in [0.2, 0.25) is 0 Å². The molecule has 0 bridgehead atoms. The van der Waals surface area contributed by atoms with E-state index >= 15 is 0 Å². The number of carbonyl (C=O) groups is 1. The van der Waals surface area contributed by atoms with E-state index < -0.39 is 0 Å². The average molecular weight is 277 g/mol. The lowest BCUT2D eigenvalue weighted by Gasteiger charge is -2.08. The van der Waals surface area contributed by atoms with Crippen molar-refractivity contribution >= 4 is 28.9 Å². The summed E-state index contributed by atoms with van der Waals surface area (Å²) in [5.41, 5.74) is 7.73. The molecule has 2 rings (SSSR count). The molecule has 4 nitrogen and oxygen atoms in total. The zero-order valence-corrected chi connectivity index (χ0v) is 11.0. The van der Waals surface area contributed by atoms with E-state index in [4.69, 9.17) is 17.3 Å². The van der Waals surface area contributed by atoms with E-state index in [1.54, 1.807) is 31.2 Å². The molecule has 0 aliphatic carbocycles. The first-order valence-corrected chi connectivity index (χ1v) is 6.01. The second kappa shape index (κ2) is 5.20. The van der Waals surface area contributed by atoms with Crippen molar-refractivity contribution in [1.29, 1.82) is 0 Å². The highest BCUT2D eigenvalue weighted by molar-refractivity contribution is 6.33. The van der Waals surface area contributed by atoms with Crippen molar-refractivity contribution in [2.24, 2.45) is 0 Å². The van der Waals surface area contributed by atoms with Gasteiger partial charge in [-0.3, -0.25) is 4.79 Å². The predicted molar refractivity (Wildman–Crippen MR) is 76.7 cm³/mol. The van der Waals surface area contributed by atoms with Gasteiger partial charge in [0, 0.05) is 11.3 Å². The lowest BCUT2D eigenvalue weighted by Crippen LogP contribution is -2.12. The maximum atomic E-state index is 12.0. The van der Waals surface area contributed by atoms with Crippen LogP contribution in [0.25, 0.3) is 0 Å². The summed E-state index contributed by atoms with van der Waals surface area (Å²) >= 11 is 5.87. The van der Waals surface area contributed by atoms with Crippen molar-refractivity contribution in [1.82, 2.24) is 0 Å². The van der Waals surface area contributed by atoms with Gasteiger partial charge >= 0.3 is 0 Å². The van der Waals surface area contributed by atoms with Crippen LogP contribution < -0.4 is 11.1 Å². The normalized spacial score (nSPS) is 10.2. The molecule has 0 heterocycles. The number of aryl methyl sites for hydroxylation is 1. The first-order chi connectivity index (χ1) is 8.97. The number of nitrogens with two attached hydrogens (primary N) is 1. The quantitative estimate of drug-likeness (QED) is 0.582. The Balaban J connectivity index is 2.20.